The van der Waals surface area contributed by atoms with Crippen molar-refractivity contribution in [3.63, 3.8) is 0 Å². The Labute approximate surface area is 88.5 Å². The molecule has 0 bridgehead atoms. The van der Waals surface area contributed by atoms with E-state index in [2.05, 4.69) is 11.4 Å². The van der Waals surface area contributed by atoms with Gasteiger partial charge in [0.05, 0.1) is 6.07 Å². The van der Waals surface area contributed by atoms with E-state index in [4.69, 9.17) is 11.6 Å². The Bertz CT molecular complexity index is 408. The van der Waals surface area contributed by atoms with Crippen LogP contribution in [0.4, 0.5) is 0 Å². The lowest BCUT2D eigenvalue weighted by atomic mass is 9.94. The minimum Gasteiger partial charge on any atom is -0.299 e. The lowest BCUT2D eigenvalue weighted by molar-refractivity contribution is 0.467. The van der Waals surface area contributed by atoms with E-state index in [0.29, 0.717) is 0 Å². The Morgan fingerprint density at radius 3 is 3.00 bits per heavy atom. The lowest BCUT2D eigenvalue weighted by Crippen LogP contribution is -2.35. The third kappa shape index (κ3) is 1.21. The van der Waals surface area contributed by atoms with Crippen molar-refractivity contribution in [3.05, 3.63) is 34.3 Å². The number of rotatable bonds is 1. The van der Waals surface area contributed by atoms with Crippen molar-refractivity contribution in [2.45, 2.75) is 18.4 Å². The predicted molar refractivity (Wildman–Crippen MR) is 56.1 cm³/mol. The third-order valence-corrected chi connectivity index (χ3v) is 3.15. The van der Waals surface area contributed by atoms with Gasteiger partial charge >= 0.3 is 0 Å². The van der Waals surface area contributed by atoms with Gasteiger partial charge in [0.25, 0.3) is 0 Å². The van der Waals surface area contributed by atoms with Gasteiger partial charge in [0.2, 0.25) is 0 Å². The van der Waals surface area contributed by atoms with Crippen LogP contribution in [-0.2, 0) is 12.0 Å². The standard InChI is InChI=1S/C11H11ClN2/c1-14-11(7-13)5-4-8-6-9(12)2-3-10(8)11/h2-3,6,14H,4-5H2,1H3. The number of hydrogen-bond donors (Lipinski definition) is 1. The molecule has 1 N–H and O–H groups in total. The van der Waals surface area contributed by atoms with Crippen molar-refractivity contribution in [3.8, 4) is 6.07 Å². The SMILES string of the molecule is CNC1(C#N)CCc2cc(Cl)ccc21. The first kappa shape index (κ1) is 9.51. The van der Waals surface area contributed by atoms with Crippen LogP contribution in [0.25, 0.3) is 0 Å². The van der Waals surface area contributed by atoms with Crippen LogP contribution in [0.5, 0.6) is 0 Å². The molecule has 0 saturated heterocycles. The number of nitrogens with one attached hydrogen (secondary N) is 1. The zero-order chi connectivity index (χ0) is 10.2. The van der Waals surface area contributed by atoms with E-state index in [1.807, 2.05) is 25.2 Å². The number of aryl methyl sites for hydroxylation is 1. The second-order valence-electron chi connectivity index (χ2n) is 3.57. The lowest BCUT2D eigenvalue weighted by Gasteiger charge is -2.20. The normalized spacial score (nSPS) is 24.4. The Balaban J connectivity index is 2.55. The Kier molecular flexibility index (Phi) is 2.22. The summed E-state index contributed by atoms with van der Waals surface area (Å²) in [5.74, 6) is 0. The number of hydrogen-bond acceptors (Lipinski definition) is 2. The topological polar surface area (TPSA) is 35.8 Å². The summed E-state index contributed by atoms with van der Waals surface area (Å²) >= 11 is 5.90. The van der Waals surface area contributed by atoms with E-state index < -0.39 is 5.54 Å². The number of benzene rings is 1. The van der Waals surface area contributed by atoms with Gasteiger partial charge in [-0.25, -0.2) is 0 Å². The van der Waals surface area contributed by atoms with Crippen LogP contribution < -0.4 is 5.32 Å². The molecule has 2 nitrogen and oxygen atoms in total. The smallest absolute Gasteiger partial charge is 0.132 e. The van der Waals surface area contributed by atoms with Gasteiger partial charge in [0.1, 0.15) is 5.54 Å². The first-order valence-corrected chi connectivity index (χ1v) is 4.99. The molecule has 14 heavy (non-hydrogen) atoms. The molecule has 0 saturated carbocycles. The molecule has 1 unspecified atom stereocenters. The molecule has 1 aliphatic carbocycles. The van der Waals surface area contributed by atoms with Gasteiger partial charge in [0, 0.05) is 5.02 Å². The van der Waals surface area contributed by atoms with Crippen LogP contribution >= 0.6 is 11.6 Å². The molecule has 0 fully saturated rings. The van der Waals surface area contributed by atoms with Gasteiger partial charge in [0.15, 0.2) is 0 Å². The molecule has 1 atom stereocenters. The Morgan fingerprint density at radius 1 is 1.57 bits per heavy atom. The zero-order valence-electron chi connectivity index (χ0n) is 7.97. The van der Waals surface area contributed by atoms with Gasteiger partial charge in [-0.3, -0.25) is 5.32 Å². The molecular formula is C11H11ClN2. The number of nitrogens with zero attached hydrogens (tertiary/aromatic N) is 1. The second-order valence-corrected chi connectivity index (χ2v) is 4.01. The van der Waals surface area contributed by atoms with E-state index in [0.717, 1.165) is 23.4 Å². The first-order chi connectivity index (χ1) is 6.72. The summed E-state index contributed by atoms with van der Waals surface area (Å²) in [6.07, 6.45) is 1.75. The molecule has 3 heteroatoms. The quantitative estimate of drug-likeness (QED) is 0.765. The molecule has 0 spiro atoms. The van der Waals surface area contributed by atoms with Crippen molar-refractivity contribution in [1.82, 2.24) is 5.32 Å². The summed E-state index contributed by atoms with van der Waals surface area (Å²) in [4.78, 5) is 0. The Morgan fingerprint density at radius 2 is 2.36 bits per heavy atom. The van der Waals surface area contributed by atoms with Gasteiger partial charge in [-0.2, -0.15) is 5.26 Å². The molecule has 1 aromatic carbocycles. The van der Waals surface area contributed by atoms with Gasteiger partial charge in [-0.15, -0.1) is 0 Å². The maximum atomic E-state index is 9.19. The molecule has 0 aromatic heterocycles. The third-order valence-electron chi connectivity index (χ3n) is 2.91. The minimum atomic E-state index is -0.500. The number of nitriles is 1. The average Bonchev–Trinajstić information content (AvgIpc) is 2.56. The highest BCUT2D eigenvalue weighted by molar-refractivity contribution is 6.30. The number of halogens is 1. The molecule has 1 aliphatic rings. The molecular weight excluding hydrogens is 196 g/mol. The molecule has 0 amide bonds. The van der Waals surface area contributed by atoms with Crippen molar-refractivity contribution in [1.29, 1.82) is 5.26 Å². The summed E-state index contributed by atoms with van der Waals surface area (Å²) < 4.78 is 0. The summed E-state index contributed by atoms with van der Waals surface area (Å²) in [5, 5.41) is 13.0. The van der Waals surface area contributed by atoms with E-state index in [1.165, 1.54) is 5.56 Å². The average molecular weight is 207 g/mol. The first-order valence-electron chi connectivity index (χ1n) is 4.61. The molecule has 2 rings (SSSR count). The van der Waals surface area contributed by atoms with Crippen molar-refractivity contribution in [2.75, 3.05) is 7.05 Å². The van der Waals surface area contributed by atoms with Crippen LogP contribution in [0, 0.1) is 11.3 Å². The van der Waals surface area contributed by atoms with Crippen molar-refractivity contribution >= 4 is 11.6 Å². The maximum absolute atomic E-state index is 9.19. The van der Waals surface area contributed by atoms with Crippen LogP contribution in [0.1, 0.15) is 17.5 Å². The summed E-state index contributed by atoms with van der Waals surface area (Å²) in [6.45, 7) is 0. The molecule has 0 aliphatic heterocycles. The van der Waals surface area contributed by atoms with Crippen molar-refractivity contribution < 1.29 is 0 Å². The highest BCUT2D eigenvalue weighted by Gasteiger charge is 2.37. The van der Waals surface area contributed by atoms with Gasteiger partial charge < -0.3 is 0 Å². The largest absolute Gasteiger partial charge is 0.299 e. The number of fused-ring (bicyclic) bond motifs is 1. The molecule has 72 valence electrons. The van der Waals surface area contributed by atoms with E-state index in [9.17, 15) is 5.26 Å². The highest BCUT2D eigenvalue weighted by Crippen LogP contribution is 2.37. The summed E-state index contributed by atoms with van der Waals surface area (Å²) in [5.41, 5.74) is 1.76. The van der Waals surface area contributed by atoms with Crippen LogP contribution in [0.2, 0.25) is 5.02 Å². The predicted octanol–water partition coefficient (Wildman–Crippen LogP) is 2.22. The van der Waals surface area contributed by atoms with Crippen molar-refractivity contribution in [2.24, 2.45) is 0 Å². The monoisotopic (exact) mass is 206 g/mol. The highest BCUT2D eigenvalue weighted by atomic mass is 35.5. The van der Waals surface area contributed by atoms with E-state index in [1.54, 1.807) is 0 Å². The maximum Gasteiger partial charge on any atom is 0.132 e. The Hall–Kier alpha value is -1.04. The molecule has 0 radical (unpaired) electrons. The summed E-state index contributed by atoms with van der Waals surface area (Å²) in [7, 11) is 1.83. The van der Waals surface area contributed by atoms with Crippen LogP contribution in [-0.4, -0.2) is 7.05 Å². The van der Waals surface area contributed by atoms with Gasteiger partial charge in [-0.1, -0.05) is 17.7 Å². The fourth-order valence-electron chi connectivity index (χ4n) is 2.07. The van der Waals surface area contributed by atoms with Crippen LogP contribution in [0.3, 0.4) is 0 Å². The minimum absolute atomic E-state index is 0.500. The van der Waals surface area contributed by atoms with Gasteiger partial charge in [-0.05, 0) is 43.1 Å². The zero-order valence-corrected chi connectivity index (χ0v) is 8.73. The summed E-state index contributed by atoms with van der Waals surface area (Å²) in [6, 6.07) is 8.09. The fraction of sp³-hybridized carbons (Fsp3) is 0.364. The molecule has 1 aromatic rings. The molecule has 0 heterocycles. The fourth-order valence-corrected chi connectivity index (χ4v) is 2.27. The van der Waals surface area contributed by atoms with Crippen LogP contribution in [0.15, 0.2) is 18.2 Å². The second kappa shape index (κ2) is 3.27. The van der Waals surface area contributed by atoms with E-state index in [-0.39, 0.29) is 0 Å². The van der Waals surface area contributed by atoms with E-state index >= 15 is 0 Å².